The summed E-state index contributed by atoms with van der Waals surface area (Å²) in [5, 5.41) is 27.1. The van der Waals surface area contributed by atoms with Crippen LogP contribution in [0.25, 0.3) is 0 Å². The first kappa shape index (κ1) is 29.4. The minimum atomic E-state index is -3.66. The molecule has 1 N–H and O–H groups in total. The van der Waals surface area contributed by atoms with Gasteiger partial charge in [-0.3, -0.25) is 4.18 Å². The Morgan fingerprint density at radius 3 is 1.62 bits per heavy atom. The molecule has 0 aliphatic carbocycles. The fraction of sp³-hybridized carbons (Fsp3) is 0.810. The second kappa shape index (κ2) is 11.2. The van der Waals surface area contributed by atoms with Gasteiger partial charge in [-0.15, -0.1) is 0 Å². The molecule has 0 saturated carbocycles. The largest absolute Gasteiger partial charge is 0.444 e. The number of aliphatic hydroxyl groups is 1. The lowest BCUT2D eigenvalue weighted by atomic mass is 10.1. The van der Waals surface area contributed by atoms with Crippen molar-refractivity contribution in [2.24, 2.45) is 11.8 Å². The quantitative estimate of drug-likeness (QED) is 0.545. The van der Waals surface area contributed by atoms with Crippen molar-refractivity contribution in [1.82, 2.24) is 9.80 Å². The van der Waals surface area contributed by atoms with Crippen molar-refractivity contribution in [3.63, 3.8) is 0 Å². The molecule has 2 fully saturated rings. The average molecular weight is 503 g/mol. The van der Waals surface area contributed by atoms with Gasteiger partial charge in [0.2, 0.25) is 0 Å². The van der Waals surface area contributed by atoms with Crippen molar-refractivity contribution in [2.75, 3.05) is 32.4 Å². The number of aliphatic hydroxyl groups excluding tert-OH is 1. The van der Waals surface area contributed by atoms with Crippen LogP contribution in [-0.4, -0.2) is 91.4 Å². The maximum absolute atomic E-state index is 11.8. The number of hydrogen-bond acceptors (Lipinski definition) is 10. The lowest BCUT2D eigenvalue weighted by Crippen LogP contribution is -2.36. The van der Waals surface area contributed by atoms with Gasteiger partial charge < -0.3 is 24.4 Å². The van der Waals surface area contributed by atoms with Crippen LogP contribution in [0.1, 0.15) is 41.5 Å². The number of carbonyl (C=O) groups excluding carboxylic acids is 2. The summed E-state index contributed by atoms with van der Waals surface area (Å²) in [6, 6.07) is 3.91. The molecule has 0 radical (unpaired) electrons. The van der Waals surface area contributed by atoms with E-state index < -0.39 is 57.6 Å². The average Bonchev–Trinajstić information content (AvgIpc) is 3.21. The normalized spacial score (nSPS) is 25.0. The number of carbonyl (C=O) groups is 2. The summed E-state index contributed by atoms with van der Waals surface area (Å²) in [6.07, 6.45) is -1.74. The first-order valence-electron chi connectivity index (χ1n) is 10.7. The summed E-state index contributed by atoms with van der Waals surface area (Å²) in [6.45, 7) is 11.1. The number of hydrogen-bond donors (Lipinski definition) is 1. The number of ether oxygens (including phenoxy) is 2. The molecule has 13 heteroatoms. The molecular weight excluding hydrogens is 468 g/mol. The Kier molecular flexibility index (Phi) is 9.70. The fourth-order valence-corrected chi connectivity index (χ4v) is 3.73. The van der Waals surface area contributed by atoms with Gasteiger partial charge in [-0.2, -0.15) is 18.9 Å². The molecule has 0 unspecified atom stereocenters. The van der Waals surface area contributed by atoms with E-state index in [1.165, 1.54) is 9.80 Å². The maximum Gasteiger partial charge on any atom is 0.410 e. The van der Waals surface area contributed by atoms with Crippen molar-refractivity contribution >= 4 is 22.3 Å². The highest BCUT2D eigenvalue weighted by Crippen LogP contribution is 2.23. The Labute approximate surface area is 201 Å². The second-order valence-electron chi connectivity index (χ2n) is 10.1. The number of amides is 2. The minimum absolute atomic E-state index is 0.0280. The lowest BCUT2D eigenvalue weighted by Gasteiger charge is -2.24. The van der Waals surface area contributed by atoms with Gasteiger partial charge in [-0.1, -0.05) is 0 Å². The van der Waals surface area contributed by atoms with Crippen molar-refractivity contribution in [2.45, 2.75) is 65.0 Å². The monoisotopic (exact) mass is 502 g/mol. The molecule has 2 amide bonds. The zero-order valence-corrected chi connectivity index (χ0v) is 21.5. The van der Waals surface area contributed by atoms with E-state index >= 15 is 0 Å². The van der Waals surface area contributed by atoms with Gasteiger partial charge >= 0.3 is 12.2 Å². The predicted octanol–water partition coefficient (Wildman–Crippen LogP) is 1.46. The van der Waals surface area contributed by atoms with E-state index in [1.807, 2.05) is 12.1 Å². The van der Waals surface area contributed by atoms with Gasteiger partial charge in [0, 0.05) is 13.1 Å². The third-order valence-electron chi connectivity index (χ3n) is 4.49. The van der Waals surface area contributed by atoms with Crippen LogP contribution in [0.4, 0.5) is 9.59 Å². The molecule has 34 heavy (non-hydrogen) atoms. The fourth-order valence-electron chi connectivity index (χ4n) is 3.08. The minimum Gasteiger partial charge on any atom is -0.444 e. The SMILES string of the molecule is CC(C)(C)OC(=O)N1C[C@H](O)[C@@H](C#N)C1.CC(C)(C)OC(=O)N1C[C@H](OS(C)(=O)=O)[C@@H](C#N)C1. The van der Waals surface area contributed by atoms with E-state index in [1.54, 1.807) is 41.5 Å². The molecule has 192 valence electrons. The summed E-state index contributed by atoms with van der Waals surface area (Å²) < 4.78 is 37.3. The van der Waals surface area contributed by atoms with Gasteiger partial charge in [0.25, 0.3) is 10.1 Å². The van der Waals surface area contributed by atoms with Gasteiger partial charge in [0.15, 0.2) is 0 Å². The lowest BCUT2D eigenvalue weighted by molar-refractivity contribution is 0.0263. The molecule has 4 atom stereocenters. The molecule has 2 aliphatic heterocycles. The predicted molar refractivity (Wildman–Crippen MR) is 120 cm³/mol. The highest BCUT2D eigenvalue weighted by Gasteiger charge is 2.40. The number of nitriles is 2. The summed E-state index contributed by atoms with van der Waals surface area (Å²) in [5.74, 6) is -1.18. The van der Waals surface area contributed by atoms with Crippen molar-refractivity contribution < 1.29 is 36.8 Å². The van der Waals surface area contributed by atoms with Gasteiger partial charge in [0.05, 0.1) is 49.4 Å². The molecule has 2 saturated heterocycles. The molecule has 0 aromatic carbocycles. The molecule has 0 spiro atoms. The number of likely N-dealkylation sites (tertiary alicyclic amines) is 2. The zero-order chi connectivity index (χ0) is 26.5. The Morgan fingerprint density at radius 1 is 0.853 bits per heavy atom. The Morgan fingerprint density at radius 2 is 1.26 bits per heavy atom. The third-order valence-corrected chi connectivity index (χ3v) is 5.09. The summed E-state index contributed by atoms with van der Waals surface area (Å²) >= 11 is 0. The summed E-state index contributed by atoms with van der Waals surface area (Å²) in [5.41, 5.74) is -1.19. The van der Waals surface area contributed by atoms with Crippen molar-refractivity contribution in [3.05, 3.63) is 0 Å². The highest BCUT2D eigenvalue weighted by atomic mass is 32.2. The maximum atomic E-state index is 11.8. The van der Waals surface area contributed by atoms with Gasteiger partial charge in [-0.25, -0.2) is 9.59 Å². The third kappa shape index (κ3) is 10.1. The van der Waals surface area contributed by atoms with Crippen LogP contribution in [0.3, 0.4) is 0 Å². The Hall–Kier alpha value is -2.61. The highest BCUT2D eigenvalue weighted by molar-refractivity contribution is 7.86. The Balaban J connectivity index is 0.000000350. The number of rotatable bonds is 2. The van der Waals surface area contributed by atoms with E-state index in [2.05, 4.69) is 0 Å². The molecule has 12 nitrogen and oxygen atoms in total. The van der Waals surface area contributed by atoms with Crippen LogP contribution < -0.4 is 0 Å². The van der Waals surface area contributed by atoms with Crippen LogP contribution in [0.2, 0.25) is 0 Å². The smallest absolute Gasteiger partial charge is 0.410 e. The topological polar surface area (TPSA) is 170 Å². The van der Waals surface area contributed by atoms with E-state index in [0.717, 1.165) is 6.26 Å². The van der Waals surface area contributed by atoms with E-state index in [0.29, 0.717) is 0 Å². The van der Waals surface area contributed by atoms with Crippen LogP contribution in [0.15, 0.2) is 0 Å². The number of nitrogens with zero attached hydrogens (tertiary/aromatic N) is 4. The molecule has 0 aromatic rings. The summed E-state index contributed by atoms with van der Waals surface area (Å²) in [7, 11) is -3.66. The second-order valence-corrected chi connectivity index (χ2v) is 11.7. The zero-order valence-electron chi connectivity index (χ0n) is 20.6. The van der Waals surface area contributed by atoms with Crippen LogP contribution >= 0.6 is 0 Å². The van der Waals surface area contributed by atoms with Crippen molar-refractivity contribution in [1.29, 1.82) is 10.5 Å². The van der Waals surface area contributed by atoms with Crippen molar-refractivity contribution in [3.8, 4) is 12.1 Å². The van der Waals surface area contributed by atoms with E-state index in [-0.39, 0.29) is 26.2 Å². The Bertz CT molecular complexity index is 926. The van der Waals surface area contributed by atoms with E-state index in [9.17, 15) is 23.1 Å². The molecule has 2 rings (SSSR count). The number of β-amino-alcohol motifs (C(OH)–C–C–N with tert-alkyl or cyclic N) is 1. The van der Waals surface area contributed by atoms with Gasteiger partial charge in [0.1, 0.15) is 17.3 Å². The standard InChI is InChI=1S/C11H18N2O5S.C10H16N2O3/c1-11(2,3)17-10(14)13-6-8(5-12)9(7-13)18-19(4,15)16;1-10(2,3)15-9(14)12-5-7(4-11)8(13)6-12/h8-9H,6-7H2,1-4H3;7-8,13H,5-6H2,1-3H3/t8-,9-;7-,8-/m00/s1. The van der Waals surface area contributed by atoms with Crippen LogP contribution in [0.5, 0.6) is 0 Å². The van der Waals surface area contributed by atoms with E-state index in [4.69, 9.17) is 24.2 Å². The molecule has 0 bridgehead atoms. The van der Waals surface area contributed by atoms with Crippen LogP contribution in [0, 0.1) is 34.5 Å². The van der Waals surface area contributed by atoms with Gasteiger partial charge in [-0.05, 0) is 41.5 Å². The molecule has 2 aliphatic rings. The van der Waals surface area contributed by atoms with Crippen LogP contribution in [-0.2, 0) is 23.8 Å². The first-order chi connectivity index (χ1) is 15.3. The molecule has 0 aromatic heterocycles. The summed E-state index contributed by atoms with van der Waals surface area (Å²) in [4.78, 5) is 26.0. The molecular formula is C21H34N4O8S. The molecule has 2 heterocycles. The first-order valence-corrected chi connectivity index (χ1v) is 12.5.